The third-order valence-corrected chi connectivity index (χ3v) is 4.59. The quantitative estimate of drug-likeness (QED) is 0.801. The SMILES string of the molecule is CCN(C)C(=O)c1cc(Cl)c(Cl)c(S(=O)(=O)Cl)c1. The minimum Gasteiger partial charge on any atom is -0.342 e. The van der Waals surface area contributed by atoms with Crippen LogP contribution in [-0.2, 0) is 9.05 Å². The minimum absolute atomic E-state index is 0.0359. The van der Waals surface area contributed by atoms with Crippen molar-refractivity contribution in [1.82, 2.24) is 4.90 Å². The van der Waals surface area contributed by atoms with E-state index in [0.717, 1.165) is 6.07 Å². The van der Waals surface area contributed by atoms with Crippen molar-refractivity contribution in [2.75, 3.05) is 13.6 Å². The van der Waals surface area contributed by atoms with Crippen molar-refractivity contribution in [2.24, 2.45) is 0 Å². The van der Waals surface area contributed by atoms with Gasteiger partial charge in [-0.3, -0.25) is 4.79 Å². The first kappa shape index (κ1) is 15.6. The van der Waals surface area contributed by atoms with Crippen molar-refractivity contribution in [3.8, 4) is 0 Å². The molecule has 0 aromatic heterocycles. The summed E-state index contributed by atoms with van der Waals surface area (Å²) in [5, 5.41) is -0.228. The van der Waals surface area contributed by atoms with Crippen LogP contribution in [0.1, 0.15) is 17.3 Å². The van der Waals surface area contributed by atoms with Crippen molar-refractivity contribution in [2.45, 2.75) is 11.8 Å². The molecule has 0 spiro atoms. The van der Waals surface area contributed by atoms with Gasteiger partial charge in [0.2, 0.25) is 0 Å². The number of carbonyl (C=O) groups is 1. The van der Waals surface area contributed by atoms with Crippen LogP contribution in [0, 0.1) is 0 Å². The van der Waals surface area contributed by atoms with E-state index in [-0.39, 0.29) is 26.4 Å². The fourth-order valence-electron chi connectivity index (χ4n) is 1.23. The highest BCUT2D eigenvalue weighted by molar-refractivity contribution is 8.13. The van der Waals surface area contributed by atoms with E-state index in [0.29, 0.717) is 6.54 Å². The van der Waals surface area contributed by atoms with Crippen molar-refractivity contribution < 1.29 is 13.2 Å². The molecule has 0 radical (unpaired) electrons. The maximum atomic E-state index is 11.9. The summed E-state index contributed by atoms with van der Waals surface area (Å²) in [4.78, 5) is 12.9. The average Bonchev–Trinajstić information content (AvgIpc) is 2.28. The van der Waals surface area contributed by atoms with E-state index in [1.807, 2.05) is 0 Å². The maximum Gasteiger partial charge on any atom is 0.262 e. The van der Waals surface area contributed by atoms with Crippen molar-refractivity contribution >= 4 is 48.8 Å². The van der Waals surface area contributed by atoms with Crippen molar-refractivity contribution in [3.05, 3.63) is 27.7 Å². The van der Waals surface area contributed by atoms with Crippen LogP contribution in [0.5, 0.6) is 0 Å². The first-order chi connectivity index (χ1) is 8.18. The Hall–Kier alpha value is -0.490. The molecule has 0 saturated heterocycles. The van der Waals surface area contributed by atoms with Gasteiger partial charge in [-0.2, -0.15) is 0 Å². The molecule has 0 N–H and O–H groups in total. The summed E-state index contributed by atoms with van der Waals surface area (Å²) in [5.74, 6) is -0.363. The lowest BCUT2D eigenvalue weighted by atomic mass is 10.2. The van der Waals surface area contributed by atoms with E-state index >= 15 is 0 Å². The number of halogens is 3. The van der Waals surface area contributed by atoms with Crippen molar-refractivity contribution in [1.29, 1.82) is 0 Å². The molecule has 0 atom stereocenters. The second-order valence-electron chi connectivity index (χ2n) is 3.53. The standard InChI is InChI=1S/C10H10Cl3NO3S/c1-3-14(2)10(15)6-4-7(11)9(12)8(5-6)18(13,16)17/h4-5H,3H2,1-2H3. The first-order valence-corrected chi connectivity index (χ1v) is 7.94. The Bertz CT molecular complexity index is 586. The molecule has 0 fully saturated rings. The van der Waals surface area contributed by atoms with Gasteiger partial charge in [-0.1, -0.05) is 23.2 Å². The molecule has 8 heteroatoms. The number of rotatable bonds is 3. The van der Waals surface area contributed by atoms with Gasteiger partial charge < -0.3 is 4.90 Å². The Kier molecular flexibility index (Phi) is 4.89. The van der Waals surface area contributed by atoms with Gasteiger partial charge in [0.15, 0.2) is 0 Å². The molecular formula is C10H10Cl3NO3S. The van der Waals surface area contributed by atoms with Crippen LogP contribution in [0.2, 0.25) is 10.0 Å². The third kappa shape index (κ3) is 3.29. The van der Waals surface area contributed by atoms with Gasteiger partial charge in [0.05, 0.1) is 10.0 Å². The number of nitrogens with zero attached hydrogens (tertiary/aromatic N) is 1. The van der Waals surface area contributed by atoms with Gasteiger partial charge in [-0.05, 0) is 19.1 Å². The molecule has 0 saturated carbocycles. The molecule has 1 aromatic carbocycles. The fourth-order valence-corrected chi connectivity index (χ4v) is 2.99. The number of carbonyl (C=O) groups excluding carboxylic acids is 1. The number of hydrogen-bond donors (Lipinski definition) is 0. The zero-order valence-corrected chi connectivity index (χ0v) is 12.7. The maximum absolute atomic E-state index is 11.9. The Morgan fingerprint density at radius 1 is 1.33 bits per heavy atom. The van der Waals surface area contributed by atoms with Gasteiger partial charge in [0, 0.05) is 29.8 Å². The normalized spacial score (nSPS) is 11.4. The van der Waals surface area contributed by atoms with Crippen LogP contribution < -0.4 is 0 Å². The fraction of sp³-hybridized carbons (Fsp3) is 0.300. The van der Waals surface area contributed by atoms with E-state index in [4.69, 9.17) is 33.9 Å². The summed E-state index contributed by atoms with van der Waals surface area (Å²) in [5.41, 5.74) is 0.118. The molecular weight excluding hydrogens is 321 g/mol. The molecule has 1 aromatic rings. The van der Waals surface area contributed by atoms with Crippen LogP contribution in [0.15, 0.2) is 17.0 Å². The third-order valence-electron chi connectivity index (χ3n) is 2.33. The highest BCUT2D eigenvalue weighted by Gasteiger charge is 2.21. The Morgan fingerprint density at radius 3 is 2.33 bits per heavy atom. The highest BCUT2D eigenvalue weighted by Crippen LogP contribution is 2.33. The van der Waals surface area contributed by atoms with Gasteiger partial charge in [0.25, 0.3) is 15.0 Å². The van der Waals surface area contributed by atoms with Gasteiger partial charge in [0.1, 0.15) is 4.90 Å². The largest absolute Gasteiger partial charge is 0.342 e. The summed E-state index contributed by atoms with van der Waals surface area (Å²) in [6.07, 6.45) is 0. The molecule has 0 aliphatic rings. The Labute approximate surface area is 120 Å². The van der Waals surface area contributed by atoms with Gasteiger partial charge in [-0.25, -0.2) is 8.42 Å². The predicted octanol–water partition coefficient (Wildman–Crippen LogP) is 3.01. The summed E-state index contributed by atoms with van der Waals surface area (Å²) in [6.45, 7) is 2.26. The molecule has 0 aliphatic heterocycles. The van der Waals surface area contributed by atoms with Gasteiger partial charge >= 0.3 is 0 Å². The van der Waals surface area contributed by atoms with E-state index in [2.05, 4.69) is 0 Å². The van der Waals surface area contributed by atoms with Crippen LogP contribution >= 0.6 is 33.9 Å². The van der Waals surface area contributed by atoms with E-state index in [1.54, 1.807) is 14.0 Å². The number of amides is 1. The predicted molar refractivity (Wildman–Crippen MR) is 72.1 cm³/mol. The second-order valence-corrected chi connectivity index (χ2v) is 6.85. The zero-order valence-electron chi connectivity index (χ0n) is 9.58. The van der Waals surface area contributed by atoms with Crippen molar-refractivity contribution in [3.63, 3.8) is 0 Å². The molecule has 0 bridgehead atoms. The van der Waals surface area contributed by atoms with Crippen LogP contribution in [0.4, 0.5) is 0 Å². The number of benzene rings is 1. The zero-order chi connectivity index (χ0) is 14.1. The molecule has 100 valence electrons. The molecule has 0 heterocycles. The Morgan fingerprint density at radius 2 is 1.89 bits per heavy atom. The first-order valence-electron chi connectivity index (χ1n) is 4.87. The lowest BCUT2D eigenvalue weighted by molar-refractivity contribution is 0.0802. The molecule has 1 rings (SSSR count). The smallest absolute Gasteiger partial charge is 0.262 e. The van der Waals surface area contributed by atoms with Crippen LogP contribution in [-0.4, -0.2) is 32.8 Å². The molecule has 0 aliphatic carbocycles. The van der Waals surface area contributed by atoms with Crippen LogP contribution in [0.25, 0.3) is 0 Å². The summed E-state index contributed by atoms with van der Waals surface area (Å²) < 4.78 is 22.6. The average molecular weight is 331 g/mol. The second kappa shape index (κ2) is 5.65. The molecule has 4 nitrogen and oxygen atoms in total. The lowest BCUT2D eigenvalue weighted by Crippen LogP contribution is -2.26. The molecule has 0 unspecified atom stereocenters. The summed E-state index contributed by atoms with van der Waals surface area (Å²) >= 11 is 11.5. The van der Waals surface area contributed by atoms with Gasteiger partial charge in [-0.15, -0.1) is 0 Å². The van der Waals surface area contributed by atoms with E-state index in [9.17, 15) is 13.2 Å². The molecule has 1 amide bonds. The topological polar surface area (TPSA) is 54.5 Å². The minimum atomic E-state index is -4.06. The molecule has 18 heavy (non-hydrogen) atoms. The highest BCUT2D eigenvalue weighted by atomic mass is 35.7. The Balaban J connectivity index is 3.43. The van der Waals surface area contributed by atoms with E-state index in [1.165, 1.54) is 11.0 Å². The number of hydrogen-bond acceptors (Lipinski definition) is 3. The lowest BCUT2D eigenvalue weighted by Gasteiger charge is -2.15. The summed E-state index contributed by atoms with van der Waals surface area (Å²) in [6, 6.07) is 2.43. The summed E-state index contributed by atoms with van der Waals surface area (Å²) in [7, 11) is 2.75. The van der Waals surface area contributed by atoms with E-state index < -0.39 is 9.05 Å². The monoisotopic (exact) mass is 329 g/mol. The van der Waals surface area contributed by atoms with Crippen LogP contribution in [0.3, 0.4) is 0 Å².